The lowest BCUT2D eigenvalue weighted by molar-refractivity contribution is 0.0926. The van der Waals surface area contributed by atoms with Crippen molar-refractivity contribution < 1.29 is 9.00 Å². The largest absolute Gasteiger partial charge is 0.397 e. The maximum atomic E-state index is 12.0. The Morgan fingerprint density at radius 2 is 2.18 bits per heavy atom. The minimum atomic E-state index is -0.697. The van der Waals surface area contributed by atoms with Crippen molar-refractivity contribution in [2.24, 2.45) is 7.05 Å². The van der Waals surface area contributed by atoms with Crippen LogP contribution in [0.2, 0.25) is 0 Å². The summed E-state index contributed by atoms with van der Waals surface area (Å²) in [6.45, 7) is 0. The summed E-state index contributed by atoms with van der Waals surface area (Å²) in [7, 11) is 1.10. The highest BCUT2D eigenvalue weighted by molar-refractivity contribution is 7.85. The van der Waals surface area contributed by atoms with Gasteiger partial charge in [-0.25, -0.2) is 0 Å². The number of aryl methyl sites for hydroxylation is 1. The van der Waals surface area contributed by atoms with E-state index in [1.54, 1.807) is 23.9 Å². The molecule has 0 bridgehead atoms. The van der Waals surface area contributed by atoms with Crippen LogP contribution in [-0.4, -0.2) is 32.2 Å². The predicted molar refractivity (Wildman–Crippen MR) is 68.2 cm³/mol. The minimum absolute atomic E-state index is 0.109. The van der Waals surface area contributed by atoms with Crippen molar-refractivity contribution in [2.45, 2.75) is 18.9 Å². The van der Waals surface area contributed by atoms with Crippen LogP contribution in [-0.2, 0) is 17.8 Å². The summed E-state index contributed by atoms with van der Waals surface area (Å²) in [6, 6.07) is 1.80. The van der Waals surface area contributed by atoms with Crippen molar-refractivity contribution in [1.29, 1.82) is 0 Å². The van der Waals surface area contributed by atoms with E-state index < -0.39 is 10.8 Å². The zero-order chi connectivity index (χ0) is 12.4. The van der Waals surface area contributed by atoms with Gasteiger partial charge < -0.3 is 15.6 Å². The monoisotopic (exact) mass is 255 g/mol. The normalized spacial score (nSPS) is 24.5. The summed E-state index contributed by atoms with van der Waals surface area (Å²) in [5.41, 5.74) is 6.78. The second-order valence-corrected chi connectivity index (χ2v) is 6.06. The van der Waals surface area contributed by atoms with E-state index in [4.69, 9.17) is 5.73 Å². The predicted octanol–water partition coefficient (Wildman–Crippen LogP) is 0.248. The molecule has 0 saturated carbocycles. The zero-order valence-electron chi connectivity index (χ0n) is 9.81. The molecule has 0 unspecified atom stereocenters. The molecule has 0 atom stereocenters. The molecule has 3 N–H and O–H groups in total. The Bertz CT molecular complexity index is 446. The molecule has 1 amide bonds. The van der Waals surface area contributed by atoms with Crippen molar-refractivity contribution in [1.82, 2.24) is 9.88 Å². The third-order valence-corrected chi connectivity index (χ3v) is 4.36. The van der Waals surface area contributed by atoms with E-state index >= 15 is 0 Å². The zero-order valence-corrected chi connectivity index (χ0v) is 10.6. The van der Waals surface area contributed by atoms with Gasteiger partial charge in [-0.3, -0.25) is 9.00 Å². The Hall–Kier alpha value is -1.30. The van der Waals surface area contributed by atoms with Crippen molar-refractivity contribution in [3.05, 3.63) is 18.0 Å². The van der Waals surface area contributed by atoms with Gasteiger partial charge in [-0.1, -0.05) is 0 Å². The van der Waals surface area contributed by atoms with Gasteiger partial charge in [0, 0.05) is 41.6 Å². The molecule has 1 fully saturated rings. The summed E-state index contributed by atoms with van der Waals surface area (Å²) in [5, 5.41) is 2.96. The summed E-state index contributed by atoms with van der Waals surface area (Å²) >= 11 is 0. The third-order valence-electron chi connectivity index (χ3n) is 2.98. The van der Waals surface area contributed by atoms with Gasteiger partial charge in [0.05, 0.1) is 5.69 Å². The van der Waals surface area contributed by atoms with Gasteiger partial charge in [0.1, 0.15) is 5.69 Å². The first kappa shape index (κ1) is 12.2. The number of amides is 1. The highest BCUT2D eigenvalue weighted by Crippen LogP contribution is 2.12. The third kappa shape index (κ3) is 2.88. The van der Waals surface area contributed by atoms with E-state index in [1.165, 1.54) is 0 Å². The second-order valence-electron chi connectivity index (χ2n) is 4.37. The van der Waals surface area contributed by atoms with E-state index in [1.807, 2.05) is 0 Å². The molecule has 0 aliphatic carbocycles. The first-order chi connectivity index (χ1) is 8.06. The van der Waals surface area contributed by atoms with Gasteiger partial charge >= 0.3 is 0 Å². The number of nitrogen functional groups attached to an aromatic ring is 1. The van der Waals surface area contributed by atoms with Gasteiger partial charge in [-0.15, -0.1) is 0 Å². The number of carbonyl (C=O) groups is 1. The summed E-state index contributed by atoms with van der Waals surface area (Å²) in [4.78, 5) is 12.0. The summed E-state index contributed by atoms with van der Waals surface area (Å²) in [5.74, 6) is 1.25. The lowest BCUT2D eigenvalue weighted by Crippen LogP contribution is -2.40. The first-order valence-corrected chi connectivity index (χ1v) is 7.13. The number of rotatable bonds is 2. The number of anilines is 1. The Morgan fingerprint density at radius 3 is 2.71 bits per heavy atom. The number of nitrogens with two attached hydrogens (primary N) is 1. The van der Waals surface area contributed by atoms with Gasteiger partial charge in [-0.2, -0.15) is 0 Å². The van der Waals surface area contributed by atoms with Crippen molar-refractivity contribution in [3.8, 4) is 0 Å². The summed E-state index contributed by atoms with van der Waals surface area (Å²) < 4.78 is 12.9. The van der Waals surface area contributed by atoms with Crippen molar-refractivity contribution in [3.63, 3.8) is 0 Å². The molecular weight excluding hydrogens is 238 g/mol. The molecule has 0 radical (unpaired) electrons. The van der Waals surface area contributed by atoms with E-state index in [0.29, 0.717) is 22.9 Å². The van der Waals surface area contributed by atoms with E-state index in [9.17, 15) is 9.00 Å². The highest BCUT2D eigenvalue weighted by Gasteiger charge is 2.21. The van der Waals surface area contributed by atoms with E-state index in [2.05, 4.69) is 5.32 Å². The average molecular weight is 255 g/mol. The van der Waals surface area contributed by atoms with Crippen LogP contribution in [0.25, 0.3) is 0 Å². The average Bonchev–Trinajstić information content (AvgIpc) is 2.61. The molecule has 0 aromatic carbocycles. The van der Waals surface area contributed by atoms with E-state index in [0.717, 1.165) is 12.8 Å². The smallest absolute Gasteiger partial charge is 0.268 e. The molecule has 1 aromatic rings. The fourth-order valence-electron chi connectivity index (χ4n) is 2.01. The Morgan fingerprint density at radius 1 is 1.53 bits per heavy atom. The molecule has 6 heteroatoms. The molecule has 94 valence electrons. The van der Waals surface area contributed by atoms with Crippen LogP contribution in [0.3, 0.4) is 0 Å². The van der Waals surface area contributed by atoms with E-state index in [-0.39, 0.29) is 11.9 Å². The van der Waals surface area contributed by atoms with Crippen LogP contribution in [0.5, 0.6) is 0 Å². The molecule has 1 aliphatic rings. The molecule has 2 rings (SSSR count). The van der Waals surface area contributed by atoms with Gasteiger partial charge in [0.25, 0.3) is 5.91 Å². The molecular formula is C11H17N3O2S. The van der Waals surface area contributed by atoms with Crippen LogP contribution in [0.1, 0.15) is 23.3 Å². The van der Waals surface area contributed by atoms with Crippen LogP contribution in [0, 0.1) is 0 Å². The van der Waals surface area contributed by atoms with Crippen LogP contribution in [0.4, 0.5) is 5.69 Å². The molecule has 0 spiro atoms. The van der Waals surface area contributed by atoms with Crippen LogP contribution >= 0.6 is 0 Å². The number of aromatic nitrogens is 1. The number of carbonyl (C=O) groups excluding carboxylic acids is 1. The van der Waals surface area contributed by atoms with Crippen LogP contribution in [0.15, 0.2) is 12.3 Å². The Balaban J connectivity index is 1.97. The molecule has 17 heavy (non-hydrogen) atoms. The minimum Gasteiger partial charge on any atom is -0.397 e. The number of hydrogen-bond donors (Lipinski definition) is 2. The number of hydrogen-bond acceptors (Lipinski definition) is 3. The summed E-state index contributed by atoms with van der Waals surface area (Å²) in [6.07, 6.45) is 3.29. The fourth-order valence-corrected chi connectivity index (χ4v) is 3.31. The maximum absolute atomic E-state index is 12.0. The SMILES string of the molecule is Cn1cc(N)cc1C(=O)NC1CCS(=O)CC1. The number of nitrogens with one attached hydrogen (secondary N) is 1. The lowest BCUT2D eigenvalue weighted by atomic mass is 10.1. The molecule has 1 aliphatic heterocycles. The molecule has 1 saturated heterocycles. The van der Waals surface area contributed by atoms with Gasteiger partial charge in [0.15, 0.2) is 0 Å². The molecule has 1 aromatic heterocycles. The fraction of sp³-hybridized carbons (Fsp3) is 0.545. The highest BCUT2D eigenvalue weighted by atomic mass is 32.2. The molecule has 5 nitrogen and oxygen atoms in total. The van der Waals surface area contributed by atoms with Gasteiger partial charge in [0.2, 0.25) is 0 Å². The lowest BCUT2D eigenvalue weighted by Gasteiger charge is -2.22. The van der Waals surface area contributed by atoms with Crippen molar-refractivity contribution in [2.75, 3.05) is 17.2 Å². The standard InChI is InChI=1S/C11H17N3O2S/c1-14-7-8(12)6-10(14)11(15)13-9-2-4-17(16)5-3-9/h6-7,9H,2-5,12H2,1H3,(H,13,15). The molecule has 2 heterocycles. The Kier molecular flexibility index (Phi) is 3.51. The van der Waals surface area contributed by atoms with Crippen LogP contribution < -0.4 is 11.1 Å². The number of nitrogens with zero attached hydrogens (tertiary/aromatic N) is 1. The van der Waals surface area contributed by atoms with Gasteiger partial charge in [-0.05, 0) is 18.9 Å². The first-order valence-electron chi connectivity index (χ1n) is 5.64. The quantitative estimate of drug-likeness (QED) is 0.795. The van der Waals surface area contributed by atoms with Crippen molar-refractivity contribution >= 4 is 22.4 Å². The maximum Gasteiger partial charge on any atom is 0.268 e. The second kappa shape index (κ2) is 4.91. The topological polar surface area (TPSA) is 77.1 Å². The Labute approximate surface area is 103 Å².